The molecule has 3 rings (SSSR count). The third-order valence-corrected chi connectivity index (χ3v) is 5.96. The normalized spacial score (nSPS) is 21.9. The summed E-state index contributed by atoms with van der Waals surface area (Å²) in [5.74, 6) is 2.46. The van der Waals surface area contributed by atoms with Crippen molar-refractivity contribution in [1.29, 1.82) is 0 Å². The molecule has 8 heteroatoms. The molecule has 0 amide bonds. The summed E-state index contributed by atoms with van der Waals surface area (Å²) in [6.45, 7) is 6.98. The molecule has 0 spiro atoms. The van der Waals surface area contributed by atoms with E-state index in [0.717, 1.165) is 64.1 Å². The van der Waals surface area contributed by atoms with Crippen LogP contribution in [0.15, 0.2) is 23.3 Å². The Morgan fingerprint density at radius 1 is 1.32 bits per heavy atom. The molecule has 156 valence electrons. The smallest absolute Gasteiger partial charge is 0.191 e. The minimum atomic E-state index is 0.347. The first-order chi connectivity index (χ1) is 13.7. The van der Waals surface area contributed by atoms with Gasteiger partial charge in [0.2, 0.25) is 0 Å². The van der Waals surface area contributed by atoms with E-state index >= 15 is 0 Å². The molecule has 1 aromatic heterocycles. The Morgan fingerprint density at radius 3 is 2.86 bits per heavy atom. The zero-order valence-electron chi connectivity index (χ0n) is 17.0. The number of pyridine rings is 1. The average Bonchev–Trinajstić information content (AvgIpc) is 3.19. The van der Waals surface area contributed by atoms with Crippen molar-refractivity contribution in [2.24, 2.45) is 10.9 Å². The van der Waals surface area contributed by atoms with Crippen LogP contribution in [0.1, 0.15) is 19.3 Å². The number of ether oxygens (including phenoxy) is 1. The van der Waals surface area contributed by atoms with Crippen molar-refractivity contribution < 1.29 is 4.74 Å². The number of anilines is 1. The summed E-state index contributed by atoms with van der Waals surface area (Å²) in [5.41, 5.74) is 0. The topological polar surface area (TPSA) is 65.0 Å². The van der Waals surface area contributed by atoms with Crippen LogP contribution in [0.2, 0.25) is 5.02 Å². The lowest BCUT2D eigenvalue weighted by molar-refractivity contribution is 0.121. The zero-order chi connectivity index (χ0) is 19.8. The van der Waals surface area contributed by atoms with Gasteiger partial charge in [0.1, 0.15) is 5.82 Å². The van der Waals surface area contributed by atoms with Gasteiger partial charge in [-0.2, -0.15) is 0 Å². The third kappa shape index (κ3) is 5.96. The number of guanidine groups is 1. The van der Waals surface area contributed by atoms with Gasteiger partial charge in [0, 0.05) is 52.6 Å². The first-order valence-electron chi connectivity index (χ1n) is 10.2. The van der Waals surface area contributed by atoms with Gasteiger partial charge in [0.15, 0.2) is 5.96 Å². The minimum Gasteiger partial charge on any atom is -0.383 e. The first kappa shape index (κ1) is 21.1. The molecule has 28 heavy (non-hydrogen) atoms. The zero-order valence-corrected chi connectivity index (χ0v) is 17.8. The molecule has 0 saturated carbocycles. The van der Waals surface area contributed by atoms with Crippen molar-refractivity contribution in [2.45, 2.75) is 25.3 Å². The molecule has 0 aliphatic carbocycles. The fourth-order valence-corrected chi connectivity index (χ4v) is 4.19. The van der Waals surface area contributed by atoms with E-state index in [2.05, 4.69) is 30.4 Å². The minimum absolute atomic E-state index is 0.347. The first-order valence-corrected chi connectivity index (χ1v) is 10.6. The number of halogens is 1. The number of methoxy groups -OCH3 is 1. The van der Waals surface area contributed by atoms with Gasteiger partial charge < -0.3 is 25.2 Å². The number of hydrogen-bond acceptors (Lipinski definition) is 5. The van der Waals surface area contributed by atoms with Crippen molar-refractivity contribution in [3.63, 3.8) is 0 Å². The highest BCUT2D eigenvalue weighted by atomic mass is 35.5. The van der Waals surface area contributed by atoms with Gasteiger partial charge in [-0.25, -0.2) is 4.98 Å². The van der Waals surface area contributed by atoms with Gasteiger partial charge in [0.05, 0.1) is 11.6 Å². The van der Waals surface area contributed by atoms with Crippen LogP contribution in [-0.4, -0.2) is 81.9 Å². The number of aliphatic imine (C=N–C) groups is 1. The van der Waals surface area contributed by atoms with Gasteiger partial charge in [-0.1, -0.05) is 11.6 Å². The highest BCUT2D eigenvalue weighted by molar-refractivity contribution is 6.32. The van der Waals surface area contributed by atoms with Crippen LogP contribution in [0.3, 0.4) is 0 Å². The van der Waals surface area contributed by atoms with Crippen LogP contribution < -0.4 is 15.5 Å². The average molecular weight is 409 g/mol. The Labute approximate surface area is 173 Å². The van der Waals surface area contributed by atoms with Gasteiger partial charge >= 0.3 is 0 Å². The fourth-order valence-electron chi connectivity index (χ4n) is 3.94. The van der Waals surface area contributed by atoms with Crippen molar-refractivity contribution in [3.8, 4) is 0 Å². The maximum absolute atomic E-state index is 6.29. The van der Waals surface area contributed by atoms with Crippen molar-refractivity contribution in [1.82, 2.24) is 20.5 Å². The Hall–Kier alpha value is -1.57. The highest BCUT2D eigenvalue weighted by Gasteiger charge is 2.26. The second-order valence-electron chi connectivity index (χ2n) is 7.62. The number of likely N-dealkylation sites (tertiary alicyclic amines) is 1. The molecule has 2 saturated heterocycles. The molecule has 2 N–H and O–H groups in total. The molecule has 0 aromatic carbocycles. The van der Waals surface area contributed by atoms with Crippen LogP contribution in [0, 0.1) is 5.92 Å². The van der Waals surface area contributed by atoms with E-state index in [9.17, 15) is 0 Å². The van der Waals surface area contributed by atoms with Crippen molar-refractivity contribution >= 4 is 23.4 Å². The number of nitrogens with zero attached hydrogens (tertiary/aromatic N) is 4. The molecule has 2 aliphatic rings. The van der Waals surface area contributed by atoms with Crippen molar-refractivity contribution in [2.75, 3.05) is 64.9 Å². The van der Waals surface area contributed by atoms with E-state index in [4.69, 9.17) is 16.3 Å². The maximum atomic E-state index is 6.29. The predicted octanol–water partition coefficient (Wildman–Crippen LogP) is 1.84. The number of aromatic nitrogens is 1. The van der Waals surface area contributed by atoms with Crippen LogP contribution in [-0.2, 0) is 4.74 Å². The highest BCUT2D eigenvalue weighted by Crippen LogP contribution is 2.25. The Morgan fingerprint density at radius 2 is 2.14 bits per heavy atom. The van der Waals surface area contributed by atoms with E-state index in [1.54, 1.807) is 13.3 Å². The monoisotopic (exact) mass is 408 g/mol. The van der Waals surface area contributed by atoms with Crippen LogP contribution >= 0.6 is 11.6 Å². The third-order valence-electron chi connectivity index (χ3n) is 5.67. The Balaban J connectivity index is 1.39. The van der Waals surface area contributed by atoms with Gasteiger partial charge in [-0.3, -0.25) is 4.99 Å². The van der Waals surface area contributed by atoms with Crippen molar-refractivity contribution in [3.05, 3.63) is 23.4 Å². The number of rotatable bonds is 7. The fraction of sp³-hybridized carbons (Fsp3) is 0.700. The Kier molecular flexibility index (Phi) is 8.18. The number of piperidine rings is 1. The summed E-state index contributed by atoms with van der Waals surface area (Å²) in [5, 5.41) is 7.80. The molecular weight excluding hydrogens is 376 g/mol. The molecular formula is C20H33ClN6O. The van der Waals surface area contributed by atoms with Gasteiger partial charge in [-0.05, 0) is 50.4 Å². The number of hydrogen-bond donors (Lipinski definition) is 2. The predicted molar refractivity (Wildman–Crippen MR) is 115 cm³/mol. The van der Waals surface area contributed by atoms with E-state index in [0.29, 0.717) is 17.0 Å². The molecule has 0 radical (unpaired) electrons. The summed E-state index contributed by atoms with van der Waals surface area (Å²) >= 11 is 6.29. The maximum Gasteiger partial charge on any atom is 0.191 e. The Bertz CT molecular complexity index is 635. The molecule has 2 fully saturated rings. The van der Waals surface area contributed by atoms with Gasteiger partial charge in [-0.15, -0.1) is 0 Å². The lowest BCUT2D eigenvalue weighted by atomic mass is 9.97. The molecule has 1 unspecified atom stereocenters. The van der Waals surface area contributed by atoms with E-state index < -0.39 is 0 Å². The summed E-state index contributed by atoms with van der Waals surface area (Å²) in [6, 6.07) is 4.11. The van der Waals surface area contributed by atoms with Crippen LogP contribution in [0.25, 0.3) is 0 Å². The molecule has 1 atom stereocenters. The van der Waals surface area contributed by atoms with E-state index in [-0.39, 0.29) is 0 Å². The summed E-state index contributed by atoms with van der Waals surface area (Å²) in [4.78, 5) is 13.6. The second-order valence-corrected chi connectivity index (χ2v) is 8.02. The largest absolute Gasteiger partial charge is 0.383 e. The lowest BCUT2D eigenvalue weighted by Gasteiger charge is -2.32. The molecule has 3 heterocycles. The SMILES string of the molecule is CN=C(NCC1CCN(CCOC)CC1)NC1CCN(c2ncccc2Cl)C1. The summed E-state index contributed by atoms with van der Waals surface area (Å²) in [7, 11) is 3.61. The second kappa shape index (κ2) is 10.8. The standard InChI is InChI=1S/C20H33ClN6O/c1-22-20(24-14-16-5-9-26(10-6-16)12-13-28-2)25-17-7-11-27(15-17)19-18(21)4-3-8-23-19/h3-4,8,16-17H,5-7,9-15H2,1-2H3,(H2,22,24,25). The van der Waals surface area contributed by atoms with E-state index in [1.807, 2.05) is 19.2 Å². The summed E-state index contributed by atoms with van der Waals surface area (Å²) in [6.07, 6.45) is 5.29. The lowest BCUT2D eigenvalue weighted by Crippen LogP contribution is -2.47. The molecule has 2 aliphatic heterocycles. The van der Waals surface area contributed by atoms with Crippen LogP contribution in [0.5, 0.6) is 0 Å². The van der Waals surface area contributed by atoms with Crippen LogP contribution in [0.4, 0.5) is 5.82 Å². The quantitative estimate of drug-likeness (QED) is 0.530. The van der Waals surface area contributed by atoms with E-state index in [1.165, 1.54) is 12.8 Å². The summed E-state index contributed by atoms with van der Waals surface area (Å²) < 4.78 is 5.18. The molecule has 7 nitrogen and oxygen atoms in total. The molecule has 0 bridgehead atoms. The molecule has 1 aromatic rings. The van der Waals surface area contributed by atoms with Gasteiger partial charge in [0.25, 0.3) is 0 Å². The number of nitrogens with one attached hydrogen (secondary N) is 2.